The summed E-state index contributed by atoms with van der Waals surface area (Å²) in [5.74, 6) is -0.0266. The van der Waals surface area contributed by atoms with Crippen molar-refractivity contribution < 1.29 is 4.79 Å². The molecule has 1 rings (SSSR count). The normalized spacial score (nSPS) is 10.2. The number of amides is 1. The molecule has 1 aromatic carbocycles. The average molecular weight is 350 g/mol. The van der Waals surface area contributed by atoms with Crippen LogP contribution in [0, 0.1) is 6.92 Å². The summed E-state index contributed by atoms with van der Waals surface area (Å²) in [5, 5.41) is 2.94. The van der Waals surface area contributed by atoms with Gasteiger partial charge in [-0.05, 0) is 43.3 Å². The number of nitrogens with zero attached hydrogens (tertiary/aromatic N) is 1. The molecule has 0 saturated carbocycles. The number of carbonyl (C=O) groups is 1. The highest BCUT2D eigenvalue weighted by Crippen LogP contribution is 2.27. The SMILES string of the molecule is CCN(CC)Cc1cc(Br)cc(C)c1NC(C)=O.Cl. The highest BCUT2D eigenvalue weighted by molar-refractivity contribution is 9.10. The minimum Gasteiger partial charge on any atom is -0.326 e. The van der Waals surface area contributed by atoms with Crippen molar-refractivity contribution >= 4 is 39.9 Å². The summed E-state index contributed by atoms with van der Waals surface area (Å²) in [4.78, 5) is 13.6. The third-order valence-electron chi connectivity index (χ3n) is 2.97. The second-order valence-electron chi connectivity index (χ2n) is 4.40. The number of aryl methyl sites for hydroxylation is 1. The van der Waals surface area contributed by atoms with E-state index in [0.717, 1.165) is 40.9 Å². The first-order valence-electron chi connectivity index (χ1n) is 6.26. The summed E-state index contributed by atoms with van der Waals surface area (Å²) >= 11 is 3.52. The van der Waals surface area contributed by atoms with E-state index in [9.17, 15) is 4.79 Å². The molecule has 0 aliphatic rings. The van der Waals surface area contributed by atoms with Crippen LogP contribution in [0.4, 0.5) is 5.69 Å². The number of hydrogen-bond donors (Lipinski definition) is 1. The predicted molar refractivity (Wildman–Crippen MR) is 87.1 cm³/mol. The second kappa shape index (κ2) is 8.56. The van der Waals surface area contributed by atoms with Crippen LogP contribution < -0.4 is 5.32 Å². The third kappa shape index (κ3) is 5.51. The molecular weight excluding hydrogens is 328 g/mol. The molecule has 0 fully saturated rings. The summed E-state index contributed by atoms with van der Waals surface area (Å²) in [7, 11) is 0. The standard InChI is InChI=1S/C14H21BrN2O.ClH/c1-5-17(6-2)9-12-8-13(15)7-10(3)14(12)16-11(4)18;/h7-8H,5-6,9H2,1-4H3,(H,16,18);1H. The largest absolute Gasteiger partial charge is 0.326 e. The highest BCUT2D eigenvalue weighted by atomic mass is 79.9. The van der Waals surface area contributed by atoms with E-state index in [2.05, 4.69) is 46.1 Å². The molecule has 3 nitrogen and oxygen atoms in total. The minimum absolute atomic E-state index is 0. The van der Waals surface area contributed by atoms with Gasteiger partial charge in [0.05, 0.1) is 0 Å². The van der Waals surface area contributed by atoms with E-state index in [-0.39, 0.29) is 18.3 Å². The van der Waals surface area contributed by atoms with E-state index in [4.69, 9.17) is 0 Å². The highest BCUT2D eigenvalue weighted by Gasteiger charge is 2.11. The first-order chi connectivity index (χ1) is 8.47. The quantitative estimate of drug-likeness (QED) is 0.872. The first-order valence-corrected chi connectivity index (χ1v) is 7.06. The molecule has 19 heavy (non-hydrogen) atoms. The van der Waals surface area contributed by atoms with Crippen molar-refractivity contribution in [3.63, 3.8) is 0 Å². The van der Waals surface area contributed by atoms with E-state index in [1.54, 1.807) is 6.92 Å². The fourth-order valence-electron chi connectivity index (χ4n) is 1.98. The van der Waals surface area contributed by atoms with Gasteiger partial charge in [0.25, 0.3) is 0 Å². The molecule has 5 heteroatoms. The number of anilines is 1. The van der Waals surface area contributed by atoms with E-state index in [1.807, 2.05) is 13.0 Å². The van der Waals surface area contributed by atoms with Gasteiger partial charge >= 0.3 is 0 Å². The lowest BCUT2D eigenvalue weighted by molar-refractivity contribution is -0.114. The Bertz CT molecular complexity index is 434. The number of rotatable bonds is 5. The van der Waals surface area contributed by atoms with Crippen molar-refractivity contribution in [2.24, 2.45) is 0 Å². The monoisotopic (exact) mass is 348 g/mol. The maximum atomic E-state index is 11.3. The van der Waals surface area contributed by atoms with E-state index in [1.165, 1.54) is 0 Å². The van der Waals surface area contributed by atoms with Crippen LogP contribution in [0.25, 0.3) is 0 Å². The fraction of sp³-hybridized carbons (Fsp3) is 0.500. The number of hydrogen-bond acceptors (Lipinski definition) is 2. The minimum atomic E-state index is -0.0266. The van der Waals surface area contributed by atoms with Crippen LogP contribution in [-0.4, -0.2) is 23.9 Å². The molecule has 1 aromatic rings. The van der Waals surface area contributed by atoms with Crippen LogP contribution in [0.5, 0.6) is 0 Å². The Morgan fingerprint density at radius 3 is 2.37 bits per heavy atom. The van der Waals surface area contributed by atoms with Gasteiger partial charge in [-0.15, -0.1) is 12.4 Å². The van der Waals surface area contributed by atoms with Gasteiger partial charge in [0.2, 0.25) is 5.91 Å². The Morgan fingerprint density at radius 1 is 1.32 bits per heavy atom. The van der Waals surface area contributed by atoms with Crippen LogP contribution in [0.1, 0.15) is 31.9 Å². The molecule has 0 aromatic heterocycles. The topological polar surface area (TPSA) is 32.3 Å². The van der Waals surface area contributed by atoms with Crippen molar-refractivity contribution in [1.29, 1.82) is 0 Å². The van der Waals surface area contributed by atoms with Crippen LogP contribution >= 0.6 is 28.3 Å². The lowest BCUT2D eigenvalue weighted by atomic mass is 10.1. The van der Waals surface area contributed by atoms with Gasteiger partial charge in [-0.1, -0.05) is 29.8 Å². The van der Waals surface area contributed by atoms with Crippen molar-refractivity contribution in [1.82, 2.24) is 4.90 Å². The number of halogens is 2. The molecule has 0 radical (unpaired) electrons. The smallest absolute Gasteiger partial charge is 0.221 e. The van der Waals surface area contributed by atoms with Gasteiger partial charge in [-0.3, -0.25) is 9.69 Å². The Hall–Kier alpha value is -0.580. The van der Waals surface area contributed by atoms with Gasteiger partial charge < -0.3 is 5.32 Å². The van der Waals surface area contributed by atoms with Crippen molar-refractivity contribution in [2.75, 3.05) is 18.4 Å². The Labute approximate surface area is 130 Å². The van der Waals surface area contributed by atoms with E-state index >= 15 is 0 Å². The first kappa shape index (κ1) is 18.4. The molecule has 0 bridgehead atoms. The Kier molecular flexibility index (Phi) is 8.30. The summed E-state index contributed by atoms with van der Waals surface area (Å²) < 4.78 is 1.05. The molecule has 1 amide bonds. The molecule has 0 saturated heterocycles. The molecular formula is C14H22BrClN2O. The summed E-state index contributed by atoms with van der Waals surface area (Å²) in [6.07, 6.45) is 0. The van der Waals surface area contributed by atoms with E-state index in [0.29, 0.717) is 0 Å². The molecule has 108 valence electrons. The van der Waals surface area contributed by atoms with Gasteiger partial charge in [0.1, 0.15) is 0 Å². The molecule has 0 unspecified atom stereocenters. The lowest BCUT2D eigenvalue weighted by Gasteiger charge is -2.21. The Morgan fingerprint density at radius 2 is 1.89 bits per heavy atom. The second-order valence-corrected chi connectivity index (χ2v) is 5.32. The van der Waals surface area contributed by atoms with Crippen LogP contribution in [0.15, 0.2) is 16.6 Å². The zero-order valence-electron chi connectivity index (χ0n) is 11.9. The predicted octanol–water partition coefficient (Wildman–Crippen LogP) is 3.98. The van der Waals surface area contributed by atoms with Crippen molar-refractivity contribution in [2.45, 2.75) is 34.2 Å². The molecule has 0 aliphatic heterocycles. The molecule has 1 N–H and O–H groups in total. The van der Waals surface area contributed by atoms with Crippen LogP contribution in [0.3, 0.4) is 0 Å². The fourth-order valence-corrected chi connectivity index (χ4v) is 2.60. The molecule has 0 spiro atoms. The van der Waals surface area contributed by atoms with Gasteiger partial charge in [0.15, 0.2) is 0 Å². The lowest BCUT2D eigenvalue weighted by Crippen LogP contribution is -2.23. The number of carbonyl (C=O) groups excluding carboxylic acids is 1. The maximum absolute atomic E-state index is 11.3. The summed E-state index contributed by atoms with van der Waals surface area (Å²) in [5.41, 5.74) is 3.18. The van der Waals surface area contributed by atoms with E-state index < -0.39 is 0 Å². The number of nitrogens with one attached hydrogen (secondary N) is 1. The summed E-state index contributed by atoms with van der Waals surface area (Å²) in [6.45, 7) is 10.7. The molecule has 0 atom stereocenters. The van der Waals surface area contributed by atoms with Crippen molar-refractivity contribution in [3.8, 4) is 0 Å². The van der Waals surface area contributed by atoms with Crippen LogP contribution in [-0.2, 0) is 11.3 Å². The van der Waals surface area contributed by atoms with Crippen molar-refractivity contribution in [3.05, 3.63) is 27.7 Å². The third-order valence-corrected chi connectivity index (χ3v) is 3.43. The average Bonchev–Trinajstić information content (AvgIpc) is 2.29. The molecule has 0 aliphatic carbocycles. The maximum Gasteiger partial charge on any atom is 0.221 e. The number of benzene rings is 1. The van der Waals surface area contributed by atoms with Gasteiger partial charge in [-0.25, -0.2) is 0 Å². The Balaban J connectivity index is 0.00000324. The van der Waals surface area contributed by atoms with Gasteiger partial charge in [-0.2, -0.15) is 0 Å². The zero-order valence-corrected chi connectivity index (χ0v) is 14.3. The van der Waals surface area contributed by atoms with Crippen LogP contribution in [0.2, 0.25) is 0 Å². The molecule has 0 heterocycles. The summed E-state index contributed by atoms with van der Waals surface area (Å²) in [6, 6.07) is 4.10. The van der Waals surface area contributed by atoms with Gasteiger partial charge in [0, 0.05) is 23.6 Å². The zero-order chi connectivity index (χ0) is 13.7.